The third-order valence-electron chi connectivity index (χ3n) is 11.2. The van der Waals surface area contributed by atoms with Crippen LogP contribution >= 0.6 is 0 Å². The molecular formula is C35H56F2N5O3+. The Bertz CT molecular complexity index is 1280. The minimum absolute atomic E-state index is 0.00254. The lowest BCUT2D eigenvalue weighted by molar-refractivity contribution is -0.840. The number of quaternary nitrogens is 1. The van der Waals surface area contributed by atoms with Crippen LogP contribution in [0, 0.1) is 28.4 Å². The molecule has 1 aromatic rings. The average Bonchev–Trinajstić information content (AvgIpc) is 3.56. The lowest BCUT2D eigenvalue weighted by atomic mass is 9.74. The first kappa shape index (κ1) is 35.4. The SMILES string of the molecule is CNC(=O)[C@@H]1C[C@H](N(C(=O)C(C)(C)CN)C2CCC(C)(C)CC2)C[N+]1(C)C(=O)[C@@H]1CN(C(C)(C)C)C[C@H]1c1ccc(F)cc1F. The van der Waals surface area contributed by atoms with Crippen LogP contribution in [-0.4, -0.2) is 95.9 Å². The summed E-state index contributed by atoms with van der Waals surface area (Å²) in [6, 6.07) is 2.50. The maximum atomic E-state index is 15.3. The van der Waals surface area contributed by atoms with Crippen LogP contribution in [0.15, 0.2) is 18.2 Å². The van der Waals surface area contributed by atoms with Crippen LogP contribution in [0.25, 0.3) is 0 Å². The van der Waals surface area contributed by atoms with Crippen molar-refractivity contribution in [1.82, 2.24) is 15.1 Å². The normalized spacial score (nSPS) is 29.5. The number of carbonyl (C=O) groups is 3. The zero-order valence-electron chi connectivity index (χ0n) is 28.9. The Balaban J connectivity index is 1.75. The molecule has 4 rings (SSSR count). The summed E-state index contributed by atoms with van der Waals surface area (Å²) in [6.45, 7) is 15.7. The van der Waals surface area contributed by atoms with Gasteiger partial charge in [0, 0.05) is 56.7 Å². The summed E-state index contributed by atoms with van der Waals surface area (Å²) in [6.07, 6.45) is 4.02. The summed E-state index contributed by atoms with van der Waals surface area (Å²) >= 11 is 0. The monoisotopic (exact) mass is 632 g/mol. The van der Waals surface area contributed by atoms with Crippen LogP contribution < -0.4 is 11.1 Å². The quantitative estimate of drug-likeness (QED) is 0.434. The van der Waals surface area contributed by atoms with Crippen molar-refractivity contribution >= 4 is 17.7 Å². The van der Waals surface area contributed by atoms with Crippen molar-refractivity contribution in [2.24, 2.45) is 22.5 Å². The fourth-order valence-electron chi connectivity index (χ4n) is 7.93. The number of carbonyl (C=O) groups excluding carboxylic acids is 3. The van der Waals surface area contributed by atoms with Gasteiger partial charge in [0.15, 0.2) is 6.04 Å². The van der Waals surface area contributed by atoms with Gasteiger partial charge in [-0.3, -0.25) is 19.0 Å². The lowest BCUT2D eigenvalue weighted by Gasteiger charge is -2.45. The van der Waals surface area contributed by atoms with Crippen molar-refractivity contribution in [2.45, 2.75) is 110 Å². The van der Waals surface area contributed by atoms with Gasteiger partial charge in [0.2, 0.25) is 5.91 Å². The molecule has 1 aliphatic carbocycles. The molecule has 0 bridgehead atoms. The number of nitrogens with zero attached hydrogens (tertiary/aromatic N) is 3. The van der Waals surface area contributed by atoms with E-state index in [0.29, 0.717) is 25.1 Å². The zero-order valence-corrected chi connectivity index (χ0v) is 28.9. The number of amides is 3. The van der Waals surface area contributed by atoms with Gasteiger partial charge in [-0.1, -0.05) is 19.9 Å². The summed E-state index contributed by atoms with van der Waals surface area (Å²) in [4.78, 5) is 46.9. The smallest absolute Gasteiger partial charge is 0.319 e. The molecule has 5 atom stereocenters. The number of nitrogens with two attached hydrogens (primary N) is 1. The Hall–Kier alpha value is -2.43. The topological polar surface area (TPSA) is 95.7 Å². The molecule has 45 heavy (non-hydrogen) atoms. The van der Waals surface area contributed by atoms with Crippen molar-refractivity contribution < 1.29 is 27.6 Å². The molecule has 8 nitrogen and oxygen atoms in total. The highest BCUT2D eigenvalue weighted by molar-refractivity contribution is 5.86. The second-order valence-electron chi connectivity index (χ2n) is 16.5. The first-order chi connectivity index (χ1) is 20.8. The third kappa shape index (κ3) is 6.98. The van der Waals surface area contributed by atoms with E-state index in [1.54, 1.807) is 14.1 Å². The highest BCUT2D eigenvalue weighted by Crippen LogP contribution is 2.44. The van der Waals surface area contributed by atoms with Gasteiger partial charge in [-0.25, -0.2) is 13.6 Å². The van der Waals surface area contributed by atoms with Gasteiger partial charge < -0.3 is 16.0 Å². The van der Waals surface area contributed by atoms with Gasteiger partial charge in [-0.2, -0.15) is 0 Å². The molecule has 1 unspecified atom stereocenters. The number of rotatable bonds is 7. The molecule has 10 heteroatoms. The summed E-state index contributed by atoms with van der Waals surface area (Å²) in [7, 11) is 3.38. The highest BCUT2D eigenvalue weighted by atomic mass is 19.1. The van der Waals surface area contributed by atoms with E-state index in [9.17, 15) is 18.8 Å². The summed E-state index contributed by atoms with van der Waals surface area (Å²) in [5, 5.41) is 2.78. The molecule has 2 heterocycles. The molecule has 1 saturated carbocycles. The van der Waals surface area contributed by atoms with Gasteiger partial charge in [0.1, 0.15) is 18.2 Å². The number of likely N-dealkylation sites (N-methyl/N-ethyl adjacent to an activating group) is 2. The van der Waals surface area contributed by atoms with Crippen molar-refractivity contribution in [3.05, 3.63) is 35.4 Å². The van der Waals surface area contributed by atoms with Gasteiger partial charge in [0.05, 0.1) is 24.4 Å². The Morgan fingerprint density at radius 2 is 1.69 bits per heavy atom. The van der Waals surface area contributed by atoms with Crippen LogP contribution in [0.2, 0.25) is 0 Å². The average molecular weight is 633 g/mol. The predicted octanol–water partition coefficient (Wildman–Crippen LogP) is 4.42. The zero-order chi connectivity index (χ0) is 33.7. The highest BCUT2D eigenvalue weighted by Gasteiger charge is 2.60. The number of benzene rings is 1. The van der Waals surface area contributed by atoms with E-state index in [-0.39, 0.29) is 58.3 Å². The molecule has 2 saturated heterocycles. The molecule has 2 aliphatic heterocycles. The first-order valence-corrected chi connectivity index (χ1v) is 16.6. The van der Waals surface area contributed by atoms with Crippen molar-refractivity contribution in [3.8, 4) is 0 Å². The van der Waals surface area contributed by atoms with E-state index < -0.39 is 34.9 Å². The van der Waals surface area contributed by atoms with E-state index in [4.69, 9.17) is 5.73 Å². The van der Waals surface area contributed by atoms with Crippen LogP contribution in [0.3, 0.4) is 0 Å². The van der Waals surface area contributed by atoms with E-state index in [1.165, 1.54) is 12.1 Å². The van der Waals surface area contributed by atoms with Crippen LogP contribution in [0.5, 0.6) is 0 Å². The molecular weight excluding hydrogens is 576 g/mol. The Morgan fingerprint density at radius 3 is 2.22 bits per heavy atom. The Kier molecular flexibility index (Phi) is 9.95. The molecule has 0 aromatic heterocycles. The van der Waals surface area contributed by atoms with E-state index in [2.05, 4.69) is 44.8 Å². The summed E-state index contributed by atoms with van der Waals surface area (Å²) in [5.41, 5.74) is 5.53. The van der Waals surface area contributed by atoms with Crippen LogP contribution in [0.4, 0.5) is 8.78 Å². The number of hydrogen-bond donors (Lipinski definition) is 2. The number of halogens is 2. The van der Waals surface area contributed by atoms with Gasteiger partial charge >= 0.3 is 5.91 Å². The molecule has 0 spiro atoms. The lowest BCUT2D eigenvalue weighted by Crippen LogP contribution is -2.61. The number of hydrogen-bond acceptors (Lipinski definition) is 5. The fraction of sp³-hybridized carbons (Fsp3) is 0.743. The molecule has 3 amide bonds. The second kappa shape index (κ2) is 12.6. The summed E-state index contributed by atoms with van der Waals surface area (Å²) in [5.74, 6) is -2.91. The van der Waals surface area contributed by atoms with Crippen molar-refractivity contribution in [3.63, 3.8) is 0 Å². The maximum absolute atomic E-state index is 15.3. The Morgan fingerprint density at radius 1 is 1.07 bits per heavy atom. The van der Waals surface area contributed by atoms with E-state index in [1.807, 2.05) is 18.7 Å². The van der Waals surface area contributed by atoms with Crippen molar-refractivity contribution in [2.75, 3.05) is 40.3 Å². The molecule has 3 fully saturated rings. The second-order valence-corrected chi connectivity index (χ2v) is 16.5. The standard InChI is InChI=1S/C35H55F2N5O3/c1-33(2,3)40-18-26(25-11-10-22(36)16-28(25)37)27(19-40)31(44)42(9)20-24(17-29(42)30(43)39-8)41(32(45)35(6,7)21-38)23-12-14-34(4,5)15-13-23/h10-11,16,23-24,26-27,29H,12-15,17-21,38H2,1-9H3/p+1/t24-,26-,27+,29-,42?/m0/s1. The Labute approximate surface area is 268 Å². The van der Waals surface area contributed by atoms with E-state index in [0.717, 1.165) is 31.7 Å². The molecule has 3 N–H and O–H groups in total. The van der Waals surface area contributed by atoms with Gasteiger partial charge in [0.25, 0.3) is 5.91 Å². The minimum Gasteiger partial charge on any atom is -0.354 e. The van der Waals surface area contributed by atoms with Crippen LogP contribution in [0.1, 0.15) is 92.1 Å². The van der Waals surface area contributed by atoms with Crippen molar-refractivity contribution in [1.29, 1.82) is 0 Å². The predicted molar refractivity (Wildman–Crippen MR) is 172 cm³/mol. The summed E-state index contributed by atoms with van der Waals surface area (Å²) < 4.78 is 29.0. The van der Waals surface area contributed by atoms with E-state index >= 15 is 4.39 Å². The number of nitrogens with one attached hydrogen (secondary N) is 1. The fourth-order valence-corrected chi connectivity index (χ4v) is 7.93. The third-order valence-corrected chi connectivity index (χ3v) is 11.2. The first-order valence-electron chi connectivity index (χ1n) is 16.6. The van der Waals surface area contributed by atoms with Crippen LogP contribution in [-0.2, 0) is 14.4 Å². The van der Waals surface area contributed by atoms with Gasteiger partial charge in [-0.15, -0.1) is 0 Å². The molecule has 252 valence electrons. The van der Waals surface area contributed by atoms with Gasteiger partial charge in [-0.05, 0) is 77.3 Å². The molecule has 3 aliphatic rings. The number of likely N-dealkylation sites (tertiary alicyclic amines) is 2. The maximum Gasteiger partial charge on any atom is 0.319 e. The molecule has 1 aromatic carbocycles. The molecule has 0 radical (unpaired) electrons. The largest absolute Gasteiger partial charge is 0.354 e. The minimum atomic E-state index is -0.796.